The number of fused-ring (bicyclic) bond motifs is 1. The number of nitrogens with zero attached hydrogens (tertiary/aromatic N) is 1. The SMILES string of the molecule is O=C(O)CC(NC(=O)N1CCOC2CCCCC21)C(=O)O. The van der Waals surface area contributed by atoms with E-state index in [0.29, 0.717) is 13.2 Å². The average Bonchev–Trinajstić information content (AvgIpc) is 2.45. The first-order chi connectivity index (χ1) is 9.99. The smallest absolute Gasteiger partial charge is 0.326 e. The van der Waals surface area contributed by atoms with Gasteiger partial charge in [0.15, 0.2) is 0 Å². The van der Waals surface area contributed by atoms with Crippen LogP contribution >= 0.6 is 0 Å². The number of nitrogens with one attached hydrogen (secondary N) is 1. The average molecular weight is 300 g/mol. The molecule has 0 aromatic heterocycles. The number of morpholine rings is 1. The predicted octanol–water partition coefficient (Wildman–Crippen LogP) is 0.267. The van der Waals surface area contributed by atoms with Crippen molar-refractivity contribution in [2.75, 3.05) is 13.2 Å². The van der Waals surface area contributed by atoms with Gasteiger partial charge < -0.3 is 25.2 Å². The van der Waals surface area contributed by atoms with Crippen LogP contribution in [0.25, 0.3) is 0 Å². The number of ether oxygens (including phenoxy) is 1. The number of rotatable bonds is 4. The molecule has 8 nitrogen and oxygen atoms in total. The Morgan fingerprint density at radius 3 is 2.62 bits per heavy atom. The third-order valence-corrected chi connectivity index (χ3v) is 3.97. The van der Waals surface area contributed by atoms with Gasteiger partial charge in [-0.05, 0) is 12.8 Å². The van der Waals surface area contributed by atoms with E-state index in [1.165, 1.54) is 0 Å². The van der Waals surface area contributed by atoms with E-state index in [-0.39, 0.29) is 12.1 Å². The van der Waals surface area contributed by atoms with Gasteiger partial charge in [0, 0.05) is 6.54 Å². The van der Waals surface area contributed by atoms with Crippen molar-refractivity contribution in [3.05, 3.63) is 0 Å². The lowest BCUT2D eigenvalue weighted by molar-refractivity contribution is -0.145. The summed E-state index contributed by atoms with van der Waals surface area (Å²) in [5.41, 5.74) is 0. The van der Waals surface area contributed by atoms with Crippen molar-refractivity contribution in [1.82, 2.24) is 10.2 Å². The minimum atomic E-state index is -1.42. The maximum absolute atomic E-state index is 12.3. The molecule has 3 N–H and O–H groups in total. The number of urea groups is 1. The van der Waals surface area contributed by atoms with Crippen molar-refractivity contribution < 1.29 is 29.3 Å². The maximum Gasteiger partial charge on any atom is 0.326 e. The van der Waals surface area contributed by atoms with Crippen LogP contribution in [-0.2, 0) is 14.3 Å². The molecule has 1 saturated carbocycles. The molecule has 0 bridgehead atoms. The third-order valence-electron chi connectivity index (χ3n) is 3.97. The number of hydrogen-bond donors (Lipinski definition) is 3. The van der Waals surface area contributed by atoms with Gasteiger partial charge >= 0.3 is 18.0 Å². The lowest BCUT2D eigenvalue weighted by atomic mass is 9.90. The molecule has 118 valence electrons. The molecular formula is C13H20N2O6. The van der Waals surface area contributed by atoms with Crippen LogP contribution in [0.15, 0.2) is 0 Å². The zero-order valence-corrected chi connectivity index (χ0v) is 11.7. The normalized spacial score (nSPS) is 26.6. The summed E-state index contributed by atoms with van der Waals surface area (Å²) in [5, 5.41) is 20.0. The van der Waals surface area contributed by atoms with E-state index in [9.17, 15) is 14.4 Å². The number of aliphatic carboxylic acids is 2. The molecule has 0 aromatic rings. The molecule has 2 fully saturated rings. The van der Waals surface area contributed by atoms with Crippen LogP contribution in [-0.4, -0.2) is 64.4 Å². The van der Waals surface area contributed by atoms with E-state index >= 15 is 0 Å². The second-order valence-electron chi connectivity index (χ2n) is 5.39. The molecule has 0 spiro atoms. The summed E-state index contributed by atoms with van der Waals surface area (Å²) in [4.78, 5) is 35.5. The van der Waals surface area contributed by atoms with Crippen LogP contribution in [0.3, 0.4) is 0 Å². The molecule has 3 unspecified atom stereocenters. The Labute approximate surface area is 122 Å². The van der Waals surface area contributed by atoms with Crippen molar-refractivity contribution in [3.8, 4) is 0 Å². The Kier molecular flexibility index (Phi) is 5.00. The van der Waals surface area contributed by atoms with Crippen LogP contribution in [0.1, 0.15) is 32.1 Å². The van der Waals surface area contributed by atoms with Crippen LogP contribution in [0.5, 0.6) is 0 Å². The predicted molar refractivity (Wildman–Crippen MR) is 70.9 cm³/mol. The molecule has 1 aliphatic heterocycles. The Bertz CT molecular complexity index is 425. The first-order valence-corrected chi connectivity index (χ1v) is 7.12. The summed E-state index contributed by atoms with van der Waals surface area (Å²) >= 11 is 0. The second kappa shape index (κ2) is 6.75. The van der Waals surface area contributed by atoms with Gasteiger partial charge in [0.05, 0.1) is 25.2 Å². The monoisotopic (exact) mass is 300 g/mol. The zero-order chi connectivity index (χ0) is 15.4. The minimum absolute atomic E-state index is 0.000928. The summed E-state index contributed by atoms with van der Waals surface area (Å²) in [5.74, 6) is -2.61. The van der Waals surface area contributed by atoms with Gasteiger partial charge in [-0.15, -0.1) is 0 Å². The fourth-order valence-corrected chi connectivity index (χ4v) is 2.96. The molecule has 2 aliphatic rings. The quantitative estimate of drug-likeness (QED) is 0.686. The molecule has 3 atom stereocenters. The number of carbonyl (C=O) groups excluding carboxylic acids is 1. The van der Waals surface area contributed by atoms with Gasteiger partial charge in [-0.3, -0.25) is 4.79 Å². The highest BCUT2D eigenvalue weighted by Gasteiger charge is 2.37. The fourth-order valence-electron chi connectivity index (χ4n) is 2.96. The molecule has 8 heteroatoms. The maximum atomic E-state index is 12.3. The summed E-state index contributed by atoms with van der Waals surface area (Å²) in [6.45, 7) is 0.817. The van der Waals surface area contributed by atoms with E-state index in [0.717, 1.165) is 25.7 Å². The topological polar surface area (TPSA) is 116 Å². The molecule has 0 aromatic carbocycles. The van der Waals surface area contributed by atoms with Gasteiger partial charge in [-0.2, -0.15) is 0 Å². The molecule has 21 heavy (non-hydrogen) atoms. The van der Waals surface area contributed by atoms with Crippen molar-refractivity contribution >= 4 is 18.0 Å². The van der Waals surface area contributed by atoms with Crippen LogP contribution in [0, 0.1) is 0 Å². The summed E-state index contributed by atoms with van der Waals surface area (Å²) < 4.78 is 5.65. The highest BCUT2D eigenvalue weighted by molar-refractivity contribution is 5.86. The van der Waals surface area contributed by atoms with Crippen LogP contribution in [0.2, 0.25) is 0 Å². The molecule has 1 aliphatic carbocycles. The molecule has 1 saturated heterocycles. The van der Waals surface area contributed by atoms with Gasteiger partial charge in [0.1, 0.15) is 6.04 Å². The van der Waals surface area contributed by atoms with E-state index in [1.807, 2.05) is 0 Å². The number of carboxylic acid groups (broad SMARTS) is 2. The Balaban J connectivity index is 2.00. The van der Waals surface area contributed by atoms with Gasteiger partial charge in [-0.1, -0.05) is 12.8 Å². The largest absolute Gasteiger partial charge is 0.481 e. The lowest BCUT2D eigenvalue weighted by Gasteiger charge is -2.43. The van der Waals surface area contributed by atoms with E-state index in [4.69, 9.17) is 14.9 Å². The highest BCUT2D eigenvalue weighted by Crippen LogP contribution is 2.28. The van der Waals surface area contributed by atoms with Gasteiger partial charge in [-0.25, -0.2) is 9.59 Å². The van der Waals surface area contributed by atoms with E-state index in [2.05, 4.69) is 5.32 Å². The number of amides is 2. The fraction of sp³-hybridized carbons (Fsp3) is 0.769. The summed E-state index contributed by atoms with van der Waals surface area (Å²) in [6, 6.07) is -1.99. The standard InChI is InChI=1S/C13H20N2O6/c16-11(17)7-8(12(18)19)14-13(20)15-5-6-21-10-4-2-1-3-9(10)15/h8-10H,1-7H2,(H,14,20)(H,16,17)(H,18,19). The molecule has 2 rings (SSSR count). The highest BCUT2D eigenvalue weighted by atomic mass is 16.5. The van der Waals surface area contributed by atoms with Crippen LogP contribution in [0.4, 0.5) is 4.79 Å². The van der Waals surface area contributed by atoms with Crippen LogP contribution < -0.4 is 5.32 Å². The van der Waals surface area contributed by atoms with Gasteiger partial charge in [0.2, 0.25) is 0 Å². The second-order valence-corrected chi connectivity index (χ2v) is 5.39. The molecule has 1 heterocycles. The number of carboxylic acids is 2. The Morgan fingerprint density at radius 1 is 1.24 bits per heavy atom. The zero-order valence-electron chi connectivity index (χ0n) is 11.7. The molecule has 2 amide bonds. The Hall–Kier alpha value is -1.83. The third kappa shape index (κ3) is 3.84. The van der Waals surface area contributed by atoms with E-state index < -0.39 is 30.4 Å². The molecule has 0 radical (unpaired) electrons. The first kappa shape index (κ1) is 15.6. The van der Waals surface area contributed by atoms with E-state index in [1.54, 1.807) is 4.90 Å². The van der Waals surface area contributed by atoms with Gasteiger partial charge in [0.25, 0.3) is 0 Å². The van der Waals surface area contributed by atoms with Crippen molar-refractivity contribution in [2.24, 2.45) is 0 Å². The molecular weight excluding hydrogens is 280 g/mol. The Morgan fingerprint density at radius 2 is 1.95 bits per heavy atom. The minimum Gasteiger partial charge on any atom is -0.481 e. The lowest BCUT2D eigenvalue weighted by Crippen LogP contribution is -2.59. The first-order valence-electron chi connectivity index (χ1n) is 7.12. The summed E-state index contributed by atoms with van der Waals surface area (Å²) in [6.07, 6.45) is 3.15. The summed E-state index contributed by atoms with van der Waals surface area (Å²) in [7, 11) is 0. The van der Waals surface area contributed by atoms with Crippen molar-refractivity contribution in [1.29, 1.82) is 0 Å². The van der Waals surface area contributed by atoms with Crippen molar-refractivity contribution in [3.63, 3.8) is 0 Å². The number of carbonyl (C=O) groups is 3. The number of hydrogen-bond acceptors (Lipinski definition) is 4. The van der Waals surface area contributed by atoms with Crippen molar-refractivity contribution in [2.45, 2.75) is 50.3 Å².